The van der Waals surface area contributed by atoms with Gasteiger partial charge in [0.2, 0.25) is 0 Å². The molecule has 28 heavy (non-hydrogen) atoms. The second kappa shape index (κ2) is 8.56. The molecule has 1 atom stereocenters. The highest BCUT2D eigenvalue weighted by Gasteiger charge is 2.21. The Morgan fingerprint density at radius 2 is 2.25 bits per heavy atom. The molecule has 0 spiro atoms. The molecule has 7 nitrogen and oxygen atoms in total. The molecule has 1 aliphatic rings. The first kappa shape index (κ1) is 20.1. The number of nitrogens with zero attached hydrogens (tertiary/aromatic N) is 5. The van der Waals surface area contributed by atoms with E-state index in [0.29, 0.717) is 11.6 Å². The summed E-state index contributed by atoms with van der Waals surface area (Å²) >= 11 is 0. The van der Waals surface area contributed by atoms with Crippen LogP contribution in [-0.4, -0.2) is 58.0 Å². The number of benzene rings is 1. The third-order valence-electron chi connectivity index (χ3n) is 5.18. The zero-order valence-corrected chi connectivity index (χ0v) is 17.4. The standard InChI is InChI=1S/C21H30N6O/c1-6-19(23-7-2)24-18(13-27-9-8-16(12-27)22-4)17-10-15-11-26(5)25-20(15)14(3)21(17)28/h7,10-11,13,16,22,28H,6,8-9,12H2,1-5H3/b18-13-,23-7?,24-19?/t16-/m0/s1. The maximum absolute atomic E-state index is 10.9. The molecule has 1 aromatic heterocycles. The maximum atomic E-state index is 10.9. The summed E-state index contributed by atoms with van der Waals surface area (Å²) in [5.74, 6) is 0.961. The summed E-state index contributed by atoms with van der Waals surface area (Å²) in [4.78, 5) is 11.5. The van der Waals surface area contributed by atoms with Gasteiger partial charge in [-0.3, -0.25) is 4.68 Å². The zero-order valence-electron chi connectivity index (χ0n) is 17.4. The lowest BCUT2D eigenvalue weighted by Crippen LogP contribution is -2.27. The van der Waals surface area contributed by atoms with Gasteiger partial charge in [0, 0.05) is 67.7 Å². The van der Waals surface area contributed by atoms with E-state index >= 15 is 0 Å². The molecule has 1 fully saturated rings. The molecule has 2 N–H and O–H groups in total. The fourth-order valence-electron chi connectivity index (χ4n) is 3.60. The monoisotopic (exact) mass is 382 g/mol. The zero-order chi connectivity index (χ0) is 20.3. The number of hydrogen-bond donors (Lipinski definition) is 2. The number of aromatic nitrogens is 2. The summed E-state index contributed by atoms with van der Waals surface area (Å²) in [6, 6.07) is 2.44. The topological polar surface area (TPSA) is 78.0 Å². The summed E-state index contributed by atoms with van der Waals surface area (Å²) < 4.78 is 1.77. The van der Waals surface area contributed by atoms with Crippen LogP contribution in [0.3, 0.4) is 0 Å². The van der Waals surface area contributed by atoms with E-state index in [1.165, 1.54) is 0 Å². The number of aliphatic imine (C=N–C) groups is 2. The average molecular weight is 383 g/mol. The van der Waals surface area contributed by atoms with E-state index in [4.69, 9.17) is 4.99 Å². The Morgan fingerprint density at radius 1 is 1.46 bits per heavy atom. The number of hydrogen-bond acceptors (Lipinski definition) is 5. The highest BCUT2D eigenvalue weighted by atomic mass is 16.3. The first-order valence-corrected chi connectivity index (χ1v) is 9.82. The summed E-state index contributed by atoms with van der Waals surface area (Å²) in [6.07, 6.45) is 7.57. The first-order chi connectivity index (χ1) is 13.5. The van der Waals surface area contributed by atoms with Crippen molar-refractivity contribution in [2.75, 3.05) is 20.1 Å². The van der Waals surface area contributed by atoms with Gasteiger partial charge < -0.3 is 15.3 Å². The molecule has 1 aromatic carbocycles. The summed E-state index contributed by atoms with van der Waals surface area (Å²) in [7, 11) is 3.88. The minimum atomic E-state index is 0.224. The molecular weight excluding hydrogens is 352 g/mol. The summed E-state index contributed by atoms with van der Waals surface area (Å²) in [5.41, 5.74) is 3.01. The van der Waals surface area contributed by atoms with Crippen molar-refractivity contribution in [2.24, 2.45) is 17.0 Å². The lowest BCUT2D eigenvalue weighted by Gasteiger charge is -2.16. The number of amidine groups is 1. The third-order valence-corrected chi connectivity index (χ3v) is 5.18. The normalized spacial score (nSPS) is 18.8. The molecule has 1 aliphatic heterocycles. The Labute approximate surface area is 166 Å². The average Bonchev–Trinajstić information content (AvgIpc) is 3.29. The Bertz CT molecular complexity index is 940. The van der Waals surface area contributed by atoms with Crippen molar-refractivity contribution < 1.29 is 5.11 Å². The van der Waals surface area contributed by atoms with Crippen LogP contribution in [0.2, 0.25) is 0 Å². The summed E-state index contributed by atoms with van der Waals surface area (Å²) in [5, 5.41) is 19.7. The molecule has 0 radical (unpaired) electrons. The van der Waals surface area contributed by atoms with Crippen molar-refractivity contribution in [2.45, 2.75) is 39.7 Å². The van der Waals surface area contributed by atoms with Crippen molar-refractivity contribution in [3.63, 3.8) is 0 Å². The fraction of sp³-hybridized carbons (Fsp3) is 0.476. The quantitative estimate of drug-likeness (QED) is 0.615. The number of aromatic hydroxyl groups is 1. The van der Waals surface area contributed by atoms with Crippen LogP contribution in [0.5, 0.6) is 5.75 Å². The van der Waals surface area contributed by atoms with Crippen LogP contribution < -0.4 is 5.32 Å². The molecule has 0 saturated carbocycles. The Balaban J connectivity index is 2.13. The number of phenols is 1. The van der Waals surface area contributed by atoms with Crippen molar-refractivity contribution in [1.29, 1.82) is 0 Å². The highest BCUT2D eigenvalue weighted by molar-refractivity contribution is 5.95. The maximum Gasteiger partial charge on any atom is 0.130 e. The molecule has 0 amide bonds. The van der Waals surface area contributed by atoms with Crippen LogP contribution in [0.15, 0.2) is 28.4 Å². The number of aryl methyl sites for hydroxylation is 2. The molecule has 2 heterocycles. The lowest BCUT2D eigenvalue weighted by molar-refractivity contribution is 0.448. The van der Waals surface area contributed by atoms with Crippen molar-refractivity contribution in [3.8, 4) is 5.75 Å². The van der Waals surface area contributed by atoms with E-state index in [1.807, 2.05) is 47.1 Å². The number of fused-ring (bicyclic) bond motifs is 1. The van der Waals surface area contributed by atoms with Crippen LogP contribution >= 0.6 is 0 Å². The van der Waals surface area contributed by atoms with E-state index in [9.17, 15) is 5.11 Å². The first-order valence-electron chi connectivity index (χ1n) is 9.82. The van der Waals surface area contributed by atoms with Gasteiger partial charge in [0.1, 0.15) is 11.6 Å². The number of likely N-dealkylation sites (N-methyl/N-ethyl adjacent to an activating group) is 1. The van der Waals surface area contributed by atoms with Gasteiger partial charge in [0.25, 0.3) is 0 Å². The van der Waals surface area contributed by atoms with E-state index < -0.39 is 0 Å². The number of likely N-dealkylation sites (tertiary alicyclic amines) is 1. The summed E-state index contributed by atoms with van der Waals surface area (Å²) in [6.45, 7) is 7.69. The SMILES string of the molecule is CC=NC(CC)=N/C(=C\N1CC[C@H](NC)C1)c1cc2cn(C)nc2c(C)c1O. The minimum Gasteiger partial charge on any atom is -0.507 e. The Morgan fingerprint density at radius 3 is 2.89 bits per heavy atom. The largest absolute Gasteiger partial charge is 0.507 e. The van der Waals surface area contributed by atoms with Gasteiger partial charge in [0.05, 0.1) is 11.2 Å². The highest BCUT2D eigenvalue weighted by Crippen LogP contribution is 2.35. The molecule has 1 saturated heterocycles. The number of rotatable bonds is 5. The van der Waals surface area contributed by atoms with Gasteiger partial charge in [-0.1, -0.05) is 6.92 Å². The van der Waals surface area contributed by atoms with Gasteiger partial charge in [-0.05, 0) is 33.4 Å². The van der Waals surface area contributed by atoms with Crippen LogP contribution in [0, 0.1) is 6.92 Å². The van der Waals surface area contributed by atoms with E-state index in [2.05, 4.69) is 26.5 Å². The molecule has 7 heteroatoms. The van der Waals surface area contributed by atoms with Crippen molar-refractivity contribution >= 4 is 28.7 Å². The minimum absolute atomic E-state index is 0.224. The second-order valence-corrected chi connectivity index (χ2v) is 7.19. The molecule has 0 aliphatic carbocycles. The van der Waals surface area contributed by atoms with Crippen molar-refractivity contribution in [3.05, 3.63) is 29.6 Å². The van der Waals surface area contributed by atoms with E-state index in [1.54, 1.807) is 10.9 Å². The molecule has 3 rings (SSSR count). The predicted molar refractivity (Wildman–Crippen MR) is 116 cm³/mol. The van der Waals surface area contributed by atoms with Crippen LogP contribution in [0.4, 0.5) is 0 Å². The molecule has 150 valence electrons. The van der Waals surface area contributed by atoms with E-state index in [0.717, 1.165) is 53.9 Å². The predicted octanol–water partition coefficient (Wildman–Crippen LogP) is 3.08. The number of phenolic OH excluding ortho intramolecular Hbond substituents is 1. The fourth-order valence-corrected chi connectivity index (χ4v) is 3.60. The number of nitrogens with one attached hydrogen (secondary N) is 1. The molecule has 0 unspecified atom stereocenters. The van der Waals surface area contributed by atoms with Crippen LogP contribution in [0.25, 0.3) is 16.6 Å². The van der Waals surface area contributed by atoms with E-state index in [-0.39, 0.29) is 5.75 Å². The molecule has 0 bridgehead atoms. The second-order valence-electron chi connectivity index (χ2n) is 7.19. The van der Waals surface area contributed by atoms with Gasteiger partial charge in [-0.25, -0.2) is 9.98 Å². The smallest absolute Gasteiger partial charge is 0.130 e. The molecule has 2 aromatic rings. The van der Waals surface area contributed by atoms with Gasteiger partial charge >= 0.3 is 0 Å². The lowest BCUT2D eigenvalue weighted by atomic mass is 10.0. The Hall–Kier alpha value is -2.67. The van der Waals surface area contributed by atoms with Gasteiger partial charge in [0.15, 0.2) is 0 Å². The van der Waals surface area contributed by atoms with Crippen LogP contribution in [-0.2, 0) is 7.05 Å². The molecular formula is C21H30N6O. The van der Waals surface area contributed by atoms with Crippen molar-refractivity contribution in [1.82, 2.24) is 20.0 Å². The Kier molecular flexibility index (Phi) is 6.14. The third kappa shape index (κ3) is 4.09. The van der Waals surface area contributed by atoms with Gasteiger partial charge in [-0.2, -0.15) is 5.10 Å². The van der Waals surface area contributed by atoms with Gasteiger partial charge in [-0.15, -0.1) is 0 Å². The van der Waals surface area contributed by atoms with Crippen LogP contribution in [0.1, 0.15) is 37.8 Å².